The minimum Gasteiger partial charge on any atom is -0.475 e. The van der Waals surface area contributed by atoms with Gasteiger partial charge in [-0.1, -0.05) is 35.3 Å². The van der Waals surface area contributed by atoms with Crippen molar-refractivity contribution in [3.05, 3.63) is 34.1 Å². The van der Waals surface area contributed by atoms with Gasteiger partial charge in [0.2, 0.25) is 17.6 Å². The summed E-state index contributed by atoms with van der Waals surface area (Å²) in [5.74, 6) is -2.56. The Labute approximate surface area is 185 Å². The fourth-order valence-electron chi connectivity index (χ4n) is 2.72. The van der Waals surface area contributed by atoms with Gasteiger partial charge in [-0.05, 0) is 31.0 Å². The highest BCUT2D eigenvalue weighted by atomic mass is 35.5. The minimum absolute atomic E-state index is 0.0794. The number of hydrogen-bond donors (Lipinski definition) is 2. The van der Waals surface area contributed by atoms with Gasteiger partial charge in [0.05, 0.1) is 17.0 Å². The lowest BCUT2D eigenvalue weighted by molar-refractivity contribution is -0.192. The van der Waals surface area contributed by atoms with Crippen molar-refractivity contribution < 1.29 is 32.4 Å². The lowest BCUT2D eigenvalue weighted by Gasteiger charge is -2.22. The Balaban J connectivity index is 0.000000423. The summed E-state index contributed by atoms with van der Waals surface area (Å²) in [5, 5.41) is 12.0. The highest BCUT2D eigenvalue weighted by Gasteiger charge is 2.38. The minimum atomic E-state index is -5.08. The quantitative estimate of drug-likeness (QED) is 0.680. The van der Waals surface area contributed by atoms with Crippen LogP contribution in [0.3, 0.4) is 0 Å². The number of rotatable bonds is 4. The molecule has 0 radical (unpaired) electrons. The number of nitrogens with zero attached hydrogens (tertiary/aromatic N) is 3. The molecule has 2 atom stereocenters. The van der Waals surface area contributed by atoms with Crippen molar-refractivity contribution in [2.75, 3.05) is 13.1 Å². The van der Waals surface area contributed by atoms with Crippen molar-refractivity contribution in [2.24, 2.45) is 5.73 Å². The summed E-state index contributed by atoms with van der Waals surface area (Å²) in [4.78, 5) is 27.4. The lowest BCUT2D eigenvalue weighted by atomic mass is 10.0. The predicted molar refractivity (Wildman–Crippen MR) is 106 cm³/mol. The Morgan fingerprint density at radius 3 is 2.35 bits per heavy atom. The molecule has 0 aliphatic carbocycles. The zero-order chi connectivity index (χ0) is 23.3. The van der Waals surface area contributed by atoms with Crippen molar-refractivity contribution >= 4 is 35.1 Å². The van der Waals surface area contributed by atoms with Gasteiger partial charge in [0.1, 0.15) is 0 Å². The van der Waals surface area contributed by atoms with Crippen LogP contribution in [-0.2, 0) is 9.59 Å². The third-order valence-corrected chi connectivity index (χ3v) is 5.04. The molecule has 0 saturated carbocycles. The molecule has 1 amide bonds. The maximum Gasteiger partial charge on any atom is 0.490 e. The number of hydrogen-bond acceptors (Lipinski definition) is 6. The molecule has 1 aromatic heterocycles. The van der Waals surface area contributed by atoms with E-state index in [1.807, 2.05) is 0 Å². The molecular weight excluding hydrogens is 464 g/mol. The van der Waals surface area contributed by atoms with Gasteiger partial charge >= 0.3 is 12.1 Å². The number of aliphatic carboxylic acids is 1. The molecule has 0 spiro atoms. The van der Waals surface area contributed by atoms with Crippen molar-refractivity contribution in [1.82, 2.24) is 15.0 Å². The molecule has 0 bridgehead atoms. The Hall–Kier alpha value is -2.37. The Morgan fingerprint density at radius 1 is 1.26 bits per heavy atom. The van der Waals surface area contributed by atoms with Crippen molar-refractivity contribution in [1.29, 1.82) is 0 Å². The molecule has 1 aromatic carbocycles. The van der Waals surface area contributed by atoms with E-state index in [2.05, 4.69) is 10.1 Å². The summed E-state index contributed by atoms with van der Waals surface area (Å²) in [6.45, 7) is 3.32. The van der Waals surface area contributed by atoms with Crippen LogP contribution in [0, 0.1) is 0 Å². The molecule has 170 valence electrons. The summed E-state index contributed by atoms with van der Waals surface area (Å²) >= 11 is 12.1. The Morgan fingerprint density at radius 2 is 1.84 bits per heavy atom. The second-order valence-electron chi connectivity index (χ2n) is 6.73. The number of carboxylic acids is 1. The largest absolute Gasteiger partial charge is 0.490 e. The van der Waals surface area contributed by atoms with Crippen LogP contribution in [0.4, 0.5) is 13.2 Å². The van der Waals surface area contributed by atoms with Crippen LogP contribution in [0.2, 0.25) is 10.0 Å². The van der Waals surface area contributed by atoms with Gasteiger partial charge in [-0.15, -0.1) is 0 Å². The average Bonchev–Trinajstić information content (AvgIpc) is 3.38. The number of amides is 1. The van der Waals surface area contributed by atoms with Crippen molar-refractivity contribution in [3.8, 4) is 11.4 Å². The van der Waals surface area contributed by atoms with Crippen LogP contribution in [0.5, 0.6) is 0 Å². The first-order valence-electron chi connectivity index (χ1n) is 9.05. The molecule has 2 heterocycles. The van der Waals surface area contributed by atoms with Gasteiger partial charge in [0.15, 0.2) is 0 Å². The monoisotopic (exact) mass is 482 g/mol. The van der Waals surface area contributed by atoms with E-state index in [9.17, 15) is 18.0 Å². The predicted octanol–water partition coefficient (Wildman–Crippen LogP) is 3.73. The number of benzene rings is 1. The van der Waals surface area contributed by atoms with E-state index in [1.165, 1.54) is 0 Å². The molecule has 3 N–H and O–H groups in total. The Kier molecular flexibility index (Phi) is 8.27. The summed E-state index contributed by atoms with van der Waals surface area (Å²) in [5.41, 5.74) is 6.72. The van der Waals surface area contributed by atoms with Crippen molar-refractivity contribution in [3.63, 3.8) is 0 Å². The van der Waals surface area contributed by atoms with E-state index in [-0.39, 0.29) is 11.8 Å². The zero-order valence-corrected chi connectivity index (χ0v) is 17.7. The molecule has 1 aliphatic rings. The van der Waals surface area contributed by atoms with Crippen LogP contribution in [0.1, 0.15) is 31.6 Å². The molecule has 13 heteroatoms. The number of aromatic nitrogens is 2. The summed E-state index contributed by atoms with van der Waals surface area (Å²) < 4.78 is 37.0. The van der Waals surface area contributed by atoms with E-state index >= 15 is 0 Å². The number of carbonyl (C=O) groups excluding carboxylic acids is 1. The maximum atomic E-state index is 12.4. The number of carboxylic acid groups (broad SMARTS) is 1. The fourth-order valence-corrected chi connectivity index (χ4v) is 3.21. The van der Waals surface area contributed by atoms with Gasteiger partial charge in [-0.25, -0.2) is 4.79 Å². The third-order valence-electron chi connectivity index (χ3n) is 4.49. The number of likely N-dealkylation sites (tertiary alicyclic amines) is 1. The fraction of sp³-hybridized carbons (Fsp3) is 0.444. The molecule has 8 nitrogen and oxygen atoms in total. The van der Waals surface area contributed by atoms with Gasteiger partial charge < -0.3 is 20.3 Å². The molecule has 1 fully saturated rings. The standard InChI is InChI=1S/C16H18Cl2N4O2.C2HF3O2/c1-9(13(19)16(23)22-6-2-3-7-22)15-20-14(21-24-15)11-5-4-10(17)8-12(11)18;3-2(4,5)1(6)7/h4-5,8-9,13H,2-3,6-7,19H2,1H3;(H,6,7)/t9-,13-;/m0./s1. The van der Waals surface area contributed by atoms with Crippen LogP contribution < -0.4 is 5.73 Å². The SMILES string of the molecule is C[C@H](c1nc(-c2ccc(Cl)cc2Cl)no1)[C@H](N)C(=O)N1CCCC1.O=C(O)C(F)(F)F. The first-order chi connectivity index (χ1) is 14.4. The second-order valence-corrected chi connectivity index (χ2v) is 7.57. The van der Waals surface area contributed by atoms with Gasteiger partial charge in [0, 0.05) is 23.7 Å². The van der Waals surface area contributed by atoms with Crippen LogP contribution >= 0.6 is 23.2 Å². The van der Waals surface area contributed by atoms with Gasteiger partial charge in [-0.2, -0.15) is 18.2 Å². The van der Waals surface area contributed by atoms with E-state index in [1.54, 1.807) is 30.0 Å². The normalized spacial score (nSPS) is 15.8. The number of carbonyl (C=O) groups is 2. The van der Waals surface area contributed by atoms with Crippen LogP contribution in [0.25, 0.3) is 11.4 Å². The molecule has 1 aliphatic heterocycles. The molecular formula is C18H19Cl2F3N4O4. The van der Waals surface area contributed by atoms with Crippen LogP contribution in [-0.4, -0.2) is 57.3 Å². The van der Waals surface area contributed by atoms with Gasteiger partial charge in [0.25, 0.3) is 0 Å². The zero-order valence-electron chi connectivity index (χ0n) is 16.2. The number of halogens is 5. The first-order valence-corrected chi connectivity index (χ1v) is 9.81. The third kappa shape index (κ3) is 6.55. The van der Waals surface area contributed by atoms with Crippen molar-refractivity contribution in [2.45, 2.75) is 37.9 Å². The molecule has 2 aromatic rings. The summed E-state index contributed by atoms with van der Waals surface area (Å²) in [7, 11) is 0. The highest BCUT2D eigenvalue weighted by Crippen LogP contribution is 2.30. The van der Waals surface area contributed by atoms with Gasteiger partial charge in [-0.3, -0.25) is 4.79 Å². The summed E-state index contributed by atoms with van der Waals surface area (Å²) in [6.07, 6.45) is -3.04. The number of nitrogens with two attached hydrogens (primary N) is 1. The van der Waals surface area contributed by atoms with E-state index in [0.717, 1.165) is 25.9 Å². The van der Waals surface area contributed by atoms with E-state index < -0.39 is 18.2 Å². The lowest BCUT2D eigenvalue weighted by Crippen LogP contribution is -2.45. The van der Waals surface area contributed by atoms with E-state index in [4.69, 9.17) is 43.4 Å². The molecule has 0 unspecified atom stereocenters. The van der Waals surface area contributed by atoms with Crippen LogP contribution in [0.15, 0.2) is 22.7 Å². The highest BCUT2D eigenvalue weighted by molar-refractivity contribution is 6.36. The second kappa shape index (κ2) is 10.3. The average molecular weight is 483 g/mol. The summed E-state index contributed by atoms with van der Waals surface area (Å²) in [6, 6.07) is 4.32. The number of alkyl halides is 3. The molecule has 31 heavy (non-hydrogen) atoms. The van der Waals surface area contributed by atoms with E-state index in [0.29, 0.717) is 27.3 Å². The molecule has 1 saturated heterocycles. The smallest absolute Gasteiger partial charge is 0.475 e. The maximum absolute atomic E-state index is 12.4. The topological polar surface area (TPSA) is 123 Å². The Bertz CT molecular complexity index is 933. The molecule has 3 rings (SSSR count). The first kappa shape index (κ1) is 24.9.